The van der Waals surface area contributed by atoms with Gasteiger partial charge in [-0.25, -0.2) is 4.79 Å². The van der Waals surface area contributed by atoms with Crippen molar-refractivity contribution >= 4 is 29.0 Å². The Morgan fingerprint density at radius 3 is 2.43 bits per heavy atom. The van der Waals surface area contributed by atoms with E-state index in [9.17, 15) is 4.79 Å². The number of aromatic carboxylic acids is 1. The van der Waals surface area contributed by atoms with Gasteiger partial charge in [-0.15, -0.1) is 0 Å². The maximum Gasteiger partial charge on any atom is 0.335 e. The van der Waals surface area contributed by atoms with Gasteiger partial charge in [0.15, 0.2) is 0 Å². The predicted molar refractivity (Wildman–Crippen MR) is 91.9 cm³/mol. The van der Waals surface area contributed by atoms with E-state index in [-0.39, 0.29) is 5.56 Å². The van der Waals surface area contributed by atoms with E-state index >= 15 is 0 Å². The predicted octanol–water partition coefficient (Wildman–Crippen LogP) is 4.27. The topological polar surface area (TPSA) is 70.9 Å². The summed E-state index contributed by atoms with van der Waals surface area (Å²) in [6, 6.07) is 12.0. The van der Waals surface area contributed by atoms with Gasteiger partial charge >= 0.3 is 5.97 Å². The first-order valence-corrected chi connectivity index (χ1v) is 7.42. The summed E-state index contributed by atoms with van der Waals surface area (Å²) in [7, 11) is 1.61. The van der Waals surface area contributed by atoms with Gasteiger partial charge in [-0.1, -0.05) is 18.5 Å². The number of halogens is 1. The van der Waals surface area contributed by atoms with E-state index in [1.165, 1.54) is 18.2 Å². The minimum atomic E-state index is -1.01. The molecule has 0 radical (unpaired) electrons. The first kappa shape index (κ1) is 16.8. The van der Waals surface area contributed by atoms with E-state index in [4.69, 9.17) is 21.4 Å². The van der Waals surface area contributed by atoms with E-state index in [1.807, 2.05) is 31.2 Å². The molecule has 0 bridgehead atoms. The van der Waals surface area contributed by atoms with Crippen molar-refractivity contribution in [1.29, 1.82) is 0 Å². The Kier molecular flexibility index (Phi) is 5.60. The van der Waals surface area contributed by atoms with Crippen LogP contribution in [0.5, 0.6) is 5.75 Å². The lowest BCUT2D eigenvalue weighted by Crippen LogP contribution is -2.04. The third-order valence-electron chi connectivity index (χ3n) is 3.28. The van der Waals surface area contributed by atoms with Crippen LogP contribution < -0.4 is 10.2 Å². The summed E-state index contributed by atoms with van der Waals surface area (Å²) in [6.07, 6.45) is 0.704. The molecule has 23 heavy (non-hydrogen) atoms. The summed E-state index contributed by atoms with van der Waals surface area (Å²) in [5, 5.41) is 13.8. The Morgan fingerprint density at radius 1 is 1.22 bits per heavy atom. The van der Waals surface area contributed by atoms with Crippen LogP contribution in [0.2, 0.25) is 5.02 Å². The highest BCUT2D eigenvalue weighted by atomic mass is 35.5. The SMILES string of the molecule is CC/C(=N/Nc1cc(C(=O)O)ccc1Cl)c1ccc(OC)cc1. The minimum Gasteiger partial charge on any atom is -0.497 e. The second kappa shape index (κ2) is 7.65. The molecular weight excluding hydrogens is 316 g/mol. The number of ether oxygens (including phenoxy) is 1. The van der Waals surface area contributed by atoms with Crippen molar-refractivity contribution in [2.75, 3.05) is 12.5 Å². The number of carbonyl (C=O) groups is 1. The molecule has 0 saturated carbocycles. The van der Waals surface area contributed by atoms with Gasteiger partial charge in [0, 0.05) is 0 Å². The third-order valence-corrected chi connectivity index (χ3v) is 3.61. The van der Waals surface area contributed by atoms with Crippen LogP contribution >= 0.6 is 11.6 Å². The van der Waals surface area contributed by atoms with Crippen molar-refractivity contribution in [3.63, 3.8) is 0 Å². The Bertz CT molecular complexity index is 727. The van der Waals surface area contributed by atoms with Crippen LogP contribution in [0, 0.1) is 0 Å². The number of carboxylic acids is 1. The van der Waals surface area contributed by atoms with Gasteiger partial charge in [0.2, 0.25) is 0 Å². The molecule has 0 spiro atoms. The molecule has 5 nitrogen and oxygen atoms in total. The Hall–Kier alpha value is -2.53. The van der Waals surface area contributed by atoms with Gasteiger partial charge in [0.1, 0.15) is 5.75 Å². The molecule has 0 fully saturated rings. The summed E-state index contributed by atoms with van der Waals surface area (Å²) < 4.78 is 5.13. The summed E-state index contributed by atoms with van der Waals surface area (Å²) >= 11 is 6.07. The van der Waals surface area contributed by atoms with Crippen LogP contribution in [0.3, 0.4) is 0 Å². The van der Waals surface area contributed by atoms with Crippen LogP contribution in [0.25, 0.3) is 0 Å². The lowest BCUT2D eigenvalue weighted by Gasteiger charge is -2.09. The first-order chi connectivity index (χ1) is 11.0. The smallest absolute Gasteiger partial charge is 0.335 e. The van der Waals surface area contributed by atoms with Gasteiger partial charge < -0.3 is 9.84 Å². The Labute approximate surface area is 139 Å². The maximum atomic E-state index is 11.0. The summed E-state index contributed by atoms with van der Waals surface area (Å²) in [5.41, 5.74) is 5.22. The fourth-order valence-corrected chi connectivity index (χ4v) is 2.16. The molecular formula is C17H17ClN2O3. The average molecular weight is 333 g/mol. The number of hydrogen-bond acceptors (Lipinski definition) is 4. The quantitative estimate of drug-likeness (QED) is 0.612. The molecule has 2 aromatic carbocycles. The lowest BCUT2D eigenvalue weighted by molar-refractivity contribution is 0.0697. The molecule has 0 atom stereocenters. The number of hydrazone groups is 1. The number of carboxylic acid groups (broad SMARTS) is 1. The van der Waals surface area contributed by atoms with Gasteiger partial charge in [-0.3, -0.25) is 5.43 Å². The molecule has 0 saturated heterocycles. The molecule has 2 aromatic rings. The third kappa shape index (κ3) is 4.23. The number of methoxy groups -OCH3 is 1. The van der Waals surface area contributed by atoms with E-state index < -0.39 is 5.97 Å². The number of benzene rings is 2. The summed E-state index contributed by atoms with van der Waals surface area (Å²) in [6.45, 7) is 1.99. The van der Waals surface area contributed by atoms with Crippen LogP contribution in [0.15, 0.2) is 47.6 Å². The van der Waals surface area contributed by atoms with Gasteiger partial charge in [-0.05, 0) is 54.4 Å². The standard InChI is InChI=1S/C17H17ClN2O3/c1-3-15(11-4-7-13(23-2)8-5-11)19-20-16-10-12(17(21)22)6-9-14(16)18/h4-10,20H,3H2,1-2H3,(H,21,22)/b19-15-. The van der Waals surface area contributed by atoms with Crippen molar-refractivity contribution in [2.45, 2.75) is 13.3 Å². The number of anilines is 1. The largest absolute Gasteiger partial charge is 0.497 e. The highest BCUT2D eigenvalue weighted by molar-refractivity contribution is 6.33. The monoisotopic (exact) mass is 332 g/mol. The minimum absolute atomic E-state index is 0.148. The molecule has 0 aliphatic heterocycles. The molecule has 0 heterocycles. The average Bonchev–Trinajstić information content (AvgIpc) is 2.57. The molecule has 0 amide bonds. The molecule has 0 aliphatic rings. The lowest BCUT2D eigenvalue weighted by atomic mass is 10.1. The maximum absolute atomic E-state index is 11.0. The highest BCUT2D eigenvalue weighted by Gasteiger charge is 2.08. The Morgan fingerprint density at radius 2 is 1.87 bits per heavy atom. The summed E-state index contributed by atoms with van der Waals surface area (Å²) in [5.74, 6) is -0.242. The fourth-order valence-electron chi connectivity index (χ4n) is 2.00. The van der Waals surface area contributed by atoms with E-state index in [1.54, 1.807) is 7.11 Å². The van der Waals surface area contributed by atoms with Gasteiger partial charge in [0.05, 0.1) is 29.1 Å². The number of rotatable bonds is 6. The molecule has 2 N–H and O–H groups in total. The molecule has 120 valence electrons. The van der Waals surface area contributed by atoms with E-state index in [0.717, 1.165) is 17.0 Å². The zero-order chi connectivity index (χ0) is 16.8. The van der Waals surface area contributed by atoms with Crippen LogP contribution in [0.1, 0.15) is 29.3 Å². The van der Waals surface area contributed by atoms with Gasteiger partial charge in [-0.2, -0.15) is 5.10 Å². The van der Waals surface area contributed by atoms with Crippen molar-refractivity contribution in [3.8, 4) is 5.75 Å². The van der Waals surface area contributed by atoms with Crippen molar-refractivity contribution < 1.29 is 14.6 Å². The normalized spacial score (nSPS) is 11.2. The molecule has 6 heteroatoms. The number of hydrogen-bond donors (Lipinski definition) is 2. The van der Waals surface area contributed by atoms with E-state index in [2.05, 4.69) is 10.5 Å². The first-order valence-electron chi connectivity index (χ1n) is 7.05. The van der Waals surface area contributed by atoms with Crippen LogP contribution in [-0.4, -0.2) is 23.9 Å². The number of nitrogens with zero attached hydrogens (tertiary/aromatic N) is 1. The number of nitrogens with one attached hydrogen (secondary N) is 1. The highest BCUT2D eigenvalue weighted by Crippen LogP contribution is 2.23. The van der Waals surface area contributed by atoms with E-state index in [0.29, 0.717) is 17.1 Å². The molecule has 2 rings (SSSR count). The molecule has 0 aromatic heterocycles. The van der Waals surface area contributed by atoms with Gasteiger partial charge in [0.25, 0.3) is 0 Å². The Balaban J connectivity index is 2.25. The van der Waals surface area contributed by atoms with Crippen molar-refractivity contribution in [3.05, 3.63) is 58.6 Å². The second-order valence-corrected chi connectivity index (χ2v) is 5.16. The van der Waals surface area contributed by atoms with Crippen molar-refractivity contribution in [2.24, 2.45) is 5.10 Å². The molecule has 0 unspecified atom stereocenters. The second-order valence-electron chi connectivity index (χ2n) is 4.75. The fraction of sp³-hybridized carbons (Fsp3) is 0.176. The zero-order valence-electron chi connectivity index (χ0n) is 12.8. The summed E-state index contributed by atoms with van der Waals surface area (Å²) in [4.78, 5) is 11.0. The molecule has 0 aliphatic carbocycles. The zero-order valence-corrected chi connectivity index (χ0v) is 13.6. The van der Waals surface area contributed by atoms with Crippen LogP contribution in [-0.2, 0) is 0 Å². The van der Waals surface area contributed by atoms with Crippen molar-refractivity contribution in [1.82, 2.24) is 0 Å². The van der Waals surface area contributed by atoms with Crippen LogP contribution in [0.4, 0.5) is 5.69 Å².